The van der Waals surface area contributed by atoms with Crippen molar-refractivity contribution in [2.24, 2.45) is 0 Å². The van der Waals surface area contributed by atoms with E-state index in [0.29, 0.717) is 28.5 Å². The first-order chi connectivity index (χ1) is 15.5. The zero-order chi connectivity index (χ0) is 22.1. The van der Waals surface area contributed by atoms with Crippen molar-refractivity contribution in [2.75, 3.05) is 4.72 Å². The van der Waals surface area contributed by atoms with Gasteiger partial charge in [0.1, 0.15) is 11.5 Å². The largest absolute Gasteiger partial charge is 0.280 e. The number of pyridine rings is 1. The lowest BCUT2D eigenvalue weighted by Crippen LogP contribution is -2.12. The minimum atomic E-state index is -3.83. The van der Waals surface area contributed by atoms with Crippen molar-refractivity contribution in [1.29, 1.82) is 0 Å². The Morgan fingerprint density at radius 3 is 2.31 bits per heavy atom. The van der Waals surface area contributed by atoms with Gasteiger partial charge in [0, 0.05) is 17.4 Å². The smallest absolute Gasteiger partial charge is 0.261 e. The summed E-state index contributed by atoms with van der Waals surface area (Å²) in [6.07, 6.45) is 1.67. The van der Waals surface area contributed by atoms with Gasteiger partial charge in [-0.05, 0) is 60.7 Å². The Hall–Kier alpha value is -4.18. The number of hydrogen-bond donors (Lipinski definition) is 1. The molecule has 0 unspecified atom stereocenters. The Bertz CT molecular complexity index is 1500. The first-order valence-electron chi connectivity index (χ1n) is 9.52. The fraction of sp³-hybridized carbons (Fsp3) is 0. The van der Waals surface area contributed by atoms with Gasteiger partial charge in [0.05, 0.1) is 10.6 Å². The van der Waals surface area contributed by atoms with Crippen LogP contribution in [0.1, 0.15) is 0 Å². The topological polar surface area (TPSA) is 102 Å². The second-order valence-electron chi connectivity index (χ2n) is 6.86. The Labute approximate surface area is 182 Å². The van der Waals surface area contributed by atoms with Crippen LogP contribution in [-0.2, 0) is 10.0 Å². The van der Waals surface area contributed by atoms with Gasteiger partial charge in [0.25, 0.3) is 10.0 Å². The van der Waals surface area contributed by atoms with E-state index in [9.17, 15) is 12.8 Å². The highest BCUT2D eigenvalue weighted by Gasteiger charge is 2.15. The second kappa shape index (κ2) is 7.82. The van der Waals surface area contributed by atoms with E-state index < -0.39 is 15.8 Å². The average molecular weight is 446 g/mol. The number of aromatic nitrogens is 5. The molecule has 8 nitrogen and oxygen atoms in total. The fourth-order valence-corrected chi connectivity index (χ4v) is 4.19. The minimum Gasteiger partial charge on any atom is -0.280 e. The Morgan fingerprint density at radius 1 is 0.812 bits per heavy atom. The quantitative estimate of drug-likeness (QED) is 0.441. The van der Waals surface area contributed by atoms with Gasteiger partial charge in [-0.25, -0.2) is 12.8 Å². The molecule has 0 bridgehead atoms. The van der Waals surface area contributed by atoms with Crippen molar-refractivity contribution in [3.63, 3.8) is 0 Å². The molecule has 10 heteroatoms. The summed E-state index contributed by atoms with van der Waals surface area (Å²) in [5.41, 5.74) is 3.03. The molecule has 0 saturated heterocycles. The molecule has 2 aromatic carbocycles. The highest BCUT2D eigenvalue weighted by molar-refractivity contribution is 7.92. The summed E-state index contributed by atoms with van der Waals surface area (Å²) in [5, 5.41) is 12.9. The number of nitrogens with one attached hydrogen (secondary N) is 1. The van der Waals surface area contributed by atoms with Gasteiger partial charge in [0.2, 0.25) is 5.82 Å². The molecule has 0 spiro atoms. The summed E-state index contributed by atoms with van der Waals surface area (Å²) >= 11 is 0. The molecule has 0 aliphatic carbocycles. The molecule has 0 aliphatic rings. The maximum absolute atomic E-state index is 13.1. The van der Waals surface area contributed by atoms with E-state index >= 15 is 0 Å². The van der Waals surface area contributed by atoms with Gasteiger partial charge < -0.3 is 0 Å². The molecule has 0 aliphatic heterocycles. The molecule has 5 aromatic rings. The van der Waals surface area contributed by atoms with E-state index in [2.05, 4.69) is 25.0 Å². The number of fused-ring (bicyclic) bond motifs is 1. The standard InChI is InChI=1S/C22H15FN6O2S/c23-16-6-10-18(11-7-16)32(30,31)28-17-8-4-15(5-9-17)19-12-13-21-25-26-22(29(21)27-19)20-3-1-2-14-24-20/h1-14,28H. The summed E-state index contributed by atoms with van der Waals surface area (Å²) in [6.45, 7) is 0. The van der Waals surface area contributed by atoms with Crippen molar-refractivity contribution < 1.29 is 12.8 Å². The zero-order valence-corrected chi connectivity index (χ0v) is 17.2. The number of benzene rings is 2. The summed E-state index contributed by atoms with van der Waals surface area (Å²) in [4.78, 5) is 4.28. The maximum atomic E-state index is 13.1. The van der Waals surface area contributed by atoms with Gasteiger partial charge in [-0.2, -0.15) is 9.61 Å². The molecule has 0 fully saturated rings. The van der Waals surface area contributed by atoms with Crippen LogP contribution >= 0.6 is 0 Å². The van der Waals surface area contributed by atoms with Gasteiger partial charge >= 0.3 is 0 Å². The molecule has 158 valence electrons. The SMILES string of the molecule is O=S(=O)(Nc1ccc(-c2ccc3nnc(-c4ccccn4)n3n2)cc1)c1ccc(F)cc1. The first-order valence-corrected chi connectivity index (χ1v) is 11.0. The number of halogens is 1. The van der Waals surface area contributed by atoms with Crippen LogP contribution in [0.15, 0.2) is 90.0 Å². The van der Waals surface area contributed by atoms with Crippen molar-refractivity contribution in [2.45, 2.75) is 4.90 Å². The maximum Gasteiger partial charge on any atom is 0.261 e. The minimum absolute atomic E-state index is 0.0234. The van der Waals surface area contributed by atoms with E-state index in [1.165, 1.54) is 12.1 Å². The van der Waals surface area contributed by atoms with Crippen LogP contribution in [0.5, 0.6) is 0 Å². The molecule has 3 aromatic heterocycles. The van der Waals surface area contributed by atoms with Crippen molar-refractivity contribution in [3.05, 3.63) is 90.9 Å². The third-order valence-electron chi connectivity index (χ3n) is 4.71. The summed E-state index contributed by atoms with van der Waals surface area (Å²) in [5.74, 6) is 0.0168. The molecule has 32 heavy (non-hydrogen) atoms. The number of anilines is 1. The third-order valence-corrected chi connectivity index (χ3v) is 6.11. The molecule has 5 rings (SSSR count). The van der Waals surface area contributed by atoms with Crippen LogP contribution in [0.2, 0.25) is 0 Å². The van der Waals surface area contributed by atoms with E-state index in [0.717, 1.165) is 17.7 Å². The highest BCUT2D eigenvalue weighted by Crippen LogP contribution is 2.23. The molecule has 3 heterocycles. The van der Waals surface area contributed by atoms with Crippen molar-refractivity contribution in [3.8, 4) is 22.8 Å². The molecule has 1 N–H and O–H groups in total. The summed E-state index contributed by atoms with van der Waals surface area (Å²) in [7, 11) is -3.83. The average Bonchev–Trinajstić information content (AvgIpc) is 3.23. The van der Waals surface area contributed by atoms with Crippen molar-refractivity contribution in [1.82, 2.24) is 24.8 Å². The van der Waals surface area contributed by atoms with E-state index in [4.69, 9.17) is 0 Å². The molecule has 0 amide bonds. The Kier molecular flexibility index (Phi) is 4.83. The number of rotatable bonds is 5. The summed E-state index contributed by atoms with van der Waals surface area (Å²) in [6, 6.07) is 20.5. The van der Waals surface area contributed by atoms with Gasteiger partial charge in [0.15, 0.2) is 5.65 Å². The van der Waals surface area contributed by atoms with Gasteiger partial charge in [-0.1, -0.05) is 18.2 Å². The lowest BCUT2D eigenvalue weighted by molar-refractivity contribution is 0.599. The monoisotopic (exact) mass is 446 g/mol. The van der Waals surface area contributed by atoms with Crippen LogP contribution < -0.4 is 4.72 Å². The zero-order valence-electron chi connectivity index (χ0n) is 16.4. The third kappa shape index (κ3) is 3.79. The molecular weight excluding hydrogens is 431 g/mol. The Morgan fingerprint density at radius 2 is 1.59 bits per heavy atom. The van der Waals surface area contributed by atoms with Crippen LogP contribution in [-0.4, -0.2) is 33.2 Å². The predicted octanol–water partition coefficient (Wildman–Crippen LogP) is 3.79. The number of sulfonamides is 1. The van der Waals surface area contributed by atoms with E-state index in [-0.39, 0.29) is 4.90 Å². The normalized spacial score (nSPS) is 11.5. The van der Waals surface area contributed by atoms with Crippen LogP contribution in [0.3, 0.4) is 0 Å². The molecule has 0 atom stereocenters. The lowest BCUT2D eigenvalue weighted by Gasteiger charge is -2.09. The van der Waals surface area contributed by atoms with Crippen LogP contribution in [0.25, 0.3) is 28.4 Å². The highest BCUT2D eigenvalue weighted by atomic mass is 32.2. The summed E-state index contributed by atoms with van der Waals surface area (Å²) < 4.78 is 42.1. The van der Waals surface area contributed by atoms with Crippen LogP contribution in [0.4, 0.5) is 10.1 Å². The molecule has 0 radical (unpaired) electrons. The lowest BCUT2D eigenvalue weighted by atomic mass is 10.1. The van der Waals surface area contributed by atoms with E-state index in [1.807, 2.05) is 24.3 Å². The van der Waals surface area contributed by atoms with Gasteiger partial charge in [-0.15, -0.1) is 10.2 Å². The first kappa shape index (κ1) is 19.8. The number of nitrogens with zero attached hydrogens (tertiary/aromatic N) is 5. The Balaban J connectivity index is 1.43. The molecule has 0 saturated carbocycles. The fourth-order valence-electron chi connectivity index (χ4n) is 3.13. The van der Waals surface area contributed by atoms with Crippen molar-refractivity contribution >= 4 is 21.4 Å². The predicted molar refractivity (Wildman–Crippen MR) is 117 cm³/mol. The van der Waals surface area contributed by atoms with Gasteiger partial charge in [-0.3, -0.25) is 9.71 Å². The van der Waals surface area contributed by atoms with Crippen LogP contribution in [0, 0.1) is 5.82 Å². The molecular formula is C22H15FN6O2S. The second-order valence-corrected chi connectivity index (χ2v) is 8.55. The number of hydrogen-bond acceptors (Lipinski definition) is 6. The van der Waals surface area contributed by atoms with E-state index in [1.54, 1.807) is 41.0 Å².